The van der Waals surface area contributed by atoms with Crippen molar-refractivity contribution in [1.29, 1.82) is 0 Å². The van der Waals surface area contributed by atoms with Crippen LogP contribution in [-0.2, 0) is 11.2 Å². The first-order chi connectivity index (χ1) is 9.17. The fourth-order valence-electron chi connectivity index (χ4n) is 2.04. The Kier molecular flexibility index (Phi) is 6.97. The monoisotopic (exact) mass is 266 g/mol. The third kappa shape index (κ3) is 5.75. The van der Waals surface area contributed by atoms with Crippen LogP contribution in [0.1, 0.15) is 31.2 Å². The Bertz CT molecular complexity index is 372. The lowest BCUT2D eigenvalue weighted by Gasteiger charge is -2.12. The van der Waals surface area contributed by atoms with E-state index in [0.29, 0.717) is 12.8 Å². The van der Waals surface area contributed by atoms with Crippen LogP contribution in [0.4, 0.5) is 0 Å². The molecule has 0 saturated heterocycles. The zero-order valence-electron chi connectivity index (χ0n) is 11.3. The van der Waals surface area contributed by atoms with Crippen molar-refractivity contribution < 1.29 is 19.7 Å². The van der Waals surface area contributed by atoms with E-state index in [2.05, 4.69) is 0 Å². The molecule has 0 fully saturated rings. The average molecular weight is 266 g/mol. The summed E-state index contributed by atoms with van der Waals surface area (Å²) in [6, 6.07) is 7.50. The molecule has 0 spiro atoms. The van der Waals surface area contributed by atoms with Crippen molar-refractivity contribution in [2.24, 2.45) is 5.92 Å². The summed E-state index contributed by atoms with van der Waals surface area (Å²) in [5, 5.41) is 17.9. The van der Waals surface area contributed by atoms with Crippen LogP contribution < -0.4 is 4.74 Å². The van der Waals surface area contributed by atoms with Gasteiger partial charge in [-0.05, 0) is 37.0 Å². The van der Waals surface area contributed by atoms with E-state index >= 15 is 0 Å². The number of unbranched alkanes of at least 4 members (excludes halogenated alkanes) is 2. The number of aliphatic carboxylic acids is 1. The van der Waals surface area contributed by atoms with Crippen LogP contribution in [0.25, 0.3) is 0 Å². The third-order valence-corrected chi connectivity index (χ3v) is 3.20. The van der Waals surface area contributed by atoms with Gasteiger partial charge in [0.05, 0.1) is 13.0 Å². The zero-order chi connectivity index (χ0) is 14.1. The summed E-state index contributed by atoms with van der Waals surface area (Å²) >= 11 is 0. The molecule has 1 aromatic rings. The minimum atomic E-state index is -0.750. The van der Waals surface area contributed by atoms with E-state index in [4.69, 9.17) is 9.84 Å². The van der Waals surface area contributed by atoms with Crippen LogP contribution in [0.15, 0.2) is 24.3 Å². The Morgan fingerprint density at radius 2 is 1.89 bits per heavy atom. The molecule has 1 rings (SSSR count). The second-order valence-electron chi connectivity index (χ2n) is 4.66. The maximum atomic E-state index is 11.2. The quantitative estimate of drug-likeness (QED) is 0.674. The number of aliphatic hydroxyl groups is 1. The Morgan fingerprint density at radius 3 is 2.42 bits per heavy atom. The van der Waals surface area contributed by atoms with Crippen molar-refractivity contribution in [2.75, 3.05) is 13.7 Å². The van der Waals surface area contributed by atoms with Gasteiger partial charge in [-0.15, -0.1) is 0 Å². The summed E-state index contributed by atoms with van der Waals surface area (Å²) in [4.78, 5) is 11.2. The standard InChI is InChI=1S/C15H22O4/c1-19-14-8-6-12(7-9-14)11-13(15(17)18)5-3-2-4-10-16/h6-9,13,16H,2-5,10-11H2,1H3,(H,17,18). The maximum absolute atomic E-state index is 11.2. The number of rotatable bonds is 9. The van der Waals surface area contributed by atoms with Crippen molar-refractivity contribution >= 4 is 5.97 Å². The number of aliphatic hydroxyl groups excluding tert-OH is 1. The average Bonchev–Trinajstić information content (AvgIpc) is 2.42. The van der Waals surface area contributed by atoms with Gasteiger partial charge < -0.3 is 14.9 Å². The molecule has 2 N–H and O–H groups in total. The molecular formula is C15H22O4. The second kappa shape index (κ2) is 8.53. The summed E-state index contributed by atoms with van der Waals surface area (Å²) in [6.45, 7) is 0.177. The normalized spacial score (nSPS) is 12.1. The Balaban J connectivity index is 2.49. The number of benzene rings is 1. The van der Waals surface area contributed by atoms with Crippen LogP contribution >= 0.6 is 0 Å². The van der Waals surface area contributed by atoms with Crippen LogP contribution in [0, 0.1) is 5.92 Å². The summed E-state index contributed by atoms with van der Waals surface area (Å²) in [7, 11) is 1.61. The van der Waals surface area contributed by atoms with Gasteiger partial charge >= 0.3 is 5.97 Å². The predicted molar refractivity (Wildman–Crippen MR) is 73.4 cm³/mol. The number of hydrogen-bond acceptors (Lipinski definition) is 3. The minimum Gasteiger partial charge on any atom is -0.497 e. The SMILES string of the molecule is COc1ccc(CC(CCCCCO)C(=O)O)cc1. The summed E-state index contributed by atoms with van der Waals surface area (Å²) in [6.07, 6.45) is 3.66. The fraction of sp³-hybridized carbons (Fsp3) is 0.533. The van der Waals surface area contributed by atoms with Crippen LogP contribution in [0.3, 0.4) is 0 Å². The van der Waals surface area contributed by atoms with Crippen LogP contribution in [0.2, 0.25) is 0 Å². The molecule has 0 aliphatic rings. The summed E-state index contributed by atoms with van der Waals surface area (Å²) < 4.78 is 5.07. The molecule has 0 heterocycles. The largest absolute Gasteiger partial charge is 0.497 e. The van der Waals surface area contributed by atoms with E-state index in [0.717, 1.165) is 30.6 Å². The number of hydrogen-bond donors (Lipinski definition) is 2. The van der Waals surface area contributed by atoms with Gasteiger partial charge in [-0.25, -0.2) is 0 Å². The smallest absolute Gasteiger partial charge is 0.306 e. The van der Waals surface area contributed by atoms with Crippen molar-refractivity contribution in [2.45, 2.75) is 32.1 Å². The molecule has 0 aliphatic heterocycles. The predicted octanol–water partition coefficient (Wildman–Crippen LogP) is 2.49. The van der Waals surface area contributed by atoms with Crippen LogP contribution in [-0.4, -0.2) is 29.9 Å². The van der Waals surface area contributed by atoms with Gasteiger partial charge in [0, 0.05) is 6.61 Å². The molecule has 0 amide bonds. The molecule has 0 bridgehead atoms. The molecule has 0 saturated carbocycles. The minimum absolute atomic E-state index is 0.177. The highest BCUT2D eigenvalue weighted by Crippen LogP contribution is 2.19. The topological polar surface area (TPSA) is 66.8 Å². The lowest BCUT2D eigenvalue weighted by Crippen LogP contribution is -2.16. The first kappa shape index (κ1) is 15.5. The van der Waals surface area contributed by atoms with Gasteiger partial charge in [0.2, 0.25) is 0 Å². The summed E-state index contributed by atoms with van der Waals surface area (Å²) in [5.74, 6) is -0.328. The molecule has 19 heavy (non-hydrogen) atoms. The van der Waals surface area contributed by atoms with Gasteiger partial charge in [-0.2, -0.15) is 0 Å². The molecule has 1 aromatic carbocycles. The molecule has 1 atom stereocenters. The number of ether oxygens (including phenoxy) is 1. The second-order valence-corrected chi connectivity index (χ2v) is 4.66. The van der Waals surface area contributed by atoms with E-state index in [-0.39, 0.29) is 12.5 Å². The van der Waals surface area contributed by atoms with Gasteiger partial charge in [0.1, 0.15) is 5.75 Å². The van der Waals surface area contributed by atoms with E-state index in [1.165, 1.54) is 0 Å². The third-order valence-electron chi connectivity index (χ3n) is 3.20. The van der Waals surface area contributed by atoms with E-state index in [9.17, 15) is 9.90 Å². The molecule has 106 valence electrons. The fourth-order valence-corrected chi connectivity index (χ4v) is 2.04. The van der Waals surface area contributed by atoms with E-state index < -0.39 is 5.97 Å². The highest BCUT2D eigenvalue weighted by Gasteiger charge is 2.17. The van der Waals surface area contributed by atoms with Crippen molar-refractivity contribution in [3.05, 3.63) is 29.8 Å². The van der Waals surface area contributed by atoms with Gasteiger partial charge in [0.15, 0.2) is 0 Å². The highest BCUT2D eigenvalue weighted by atomic mass is 16.5. The van der Waals surface area contributed by atoms with E-state index in [1.54, 1.807) is 7.11 Å². The zero-order valence-corrected chi connectivity index (χ0v) is 11.3. The van der Waals surface area contributed by atoms with Crippen molar-refractivity contribution in [3.63, 3.8) is 0 Å². The molecule has 1 unspecified atom stereocenters. The first-order valence-electron chi connectivity index (χ1n) is 6.64. The molecule has 0 radical (unpaired) electrons. The Hall–Kier alpha value is -1.55. The first-order valence-corrected chi connectivity index (χ1v) is 6.64. The maximum Gasteiger partial charge on any atom is 0.306 e. The summed E-state index contributed by atoms with van der Waals surface area (Å²) in [5.41, 5.74) is 1.01. The molecule has 4 heteroatoms. The van der Waals surface area contributed by atoms with Crippen molar-refractivity contribution in [3.8, 4) is 5.75 Å². The molecule has 0 aliphatic carbocycles. The van der Waals surface area contributed by atoms with Crippen molar-refractivity contribution in [1.82, 2.24) is 0 Å². The van der Waals surface area contributed by atoms with Gasteiger partial charge in [0.25, 0.3) is 0 Å². The Labute approximate surface area is 114 Å². The van der Waals surface area contributed by atoms with E-state index in [1.807, 2.05) is 24.3 Å². The number of carboxylic acids is 1. The number of methoxy groups -OCH3 is 1. The highest BCUT2D eigenvalue weighted by molar-refractivity contribution is 5.70. The van der Waals surface area contributed by atoms with Crippen LogP contribution in [0.5, 0.6) is 5.75 Å². The lowest BCUT2D eigenvalue weighted by molar-refractivity contribution is -0.142. The lowest BCUT2D eigenvalue weighted by atomic mass is 9.94. The Morgan fingerprint density at radius 1 is 1.21 bits per heavy atom. The van der Waals surface area contributed by atoms with Gasteiger partial charge in [-0.1, -0.05) is 25.0 Å². The number of carboxylic acid groups (broad SMARTS) is 1. The molecule has 0 aromatic heterocycles. The molecular weight excluding hydrogens is 244 g/mol. The molecule has 4 nitrogen and oxygen atoms in total. The number of carbonyl (C=O) groups is 1. The van der Waals surface area contributed by atoms with Gasteiger partial charge in [-0.3, -0.25) is 4.79 Å².